The monoisotopic (exact) mass is 394 g/mol. The normalized spacial score (nSPS) is 10.8. The van der Waals surface area contributed by atoms with E-state index >= 15 is 0 Å². The van der Waals surface area contributed by atoms with E-state index in [2.05, 4.69) is 16.4 Å². The quantitative estimate of drug-likeness (QED) is 0.644. The maximum atomic E-state index is 12.3. The predicted octanol–water partition coefficient (Wildman–Crippen LogP) is 3.41. The molecular formula is C23H26N2O4. The number of H-pyrrole nitrogens is 1. The summed E-state index contributed by atoms with van der Waals surface area (Å²) in [6.45, 7) is 4.44. The van der Waals surface area contributed by atoms with Gasteiger partial charge in [0.05, 0.1) is 14.2 Å². The number of rotatable bonds is 7. The molecule has 3 rings (SSSR count). The lowest BCUT2D eigenvalue weighted by atomic mass is 10.0. The first-order chi connectivity index (χ1) is 13.9. The van der Waals surface area contributed by atoms with Crippen LogP contribution in [0.2, 0.25) is 0 Å². The fourth-order valence-corrected chi connectivity index (χ4v) is 3.24. The van der Waals surface area contributed by atoms with Gasteiger partial charge in [-0.05, 0) is 72.7 Å². The zero-order valence-corrected chi connectivity index (χ0v) is 17.2. The van der Waals surface area contributed by atoms with E-state index < -0.39 is 0 Å². The van der Waals surface area contributed by atoms with Gasteiger partial charge >= 0.3 is 0 Å². The molecule has 6 heteroatoms. The van der Waals surface area contributed by atoms with Crippen LogP contribution in [0.25, 0.3) is 10.9 Å². The molecule has 29 heavy (non-hydrogen) atoms. The van der Waals surface area contributed by atoms with Crippen molar-refractivity contribution in [3.8, 4) is 11.5 Å². The lowest BCUT2D eigenvalue weighted by Crippen LogP contribution is -2.24. The van der Waals surface area contributed by atoms with Crippen molar-refractivity contribution in [3.05, 3.63) is 69.0 Å². The first kappa shape index (κ1) is 20.5. The lowest BCUT2D eigenvalue weighted by molar-refractivity contribution is -0.121. The van der Waals surface area contributed by atoms with Crippen LogP contribution in [0.3, 0.4) is 0 Å². The van der Waals surface area contributed by atoms with Gasteiger partial charge in [-0.25, -0.2) is 0 Å². The summed E-state index contributed by atoms with van der Waals surface area (Å²) in [6, 6.07) is 11.4. The van der Waals surface area contributed by atoms with Crippen molar-refractivity contribution in [2.75, 3.05) is 14.2 Å². The number of ether oxygens (including phenoxy) is 2. The van der Waals surface area contributed by atoms with Crippen molar-refractivity contribution < 1.29 is 14.3 Å². The van der Waals surface area contributed by atoms with Crippen molar-refractivity contribution in [2.24, 2.45) is 0 Å². The summed E-state index contributed by atoms with van der Waals surface area (Å²) in [7, 11) is 3.15. The molecule has 0 atom stereocenters. The lowest BCUT2D eigenvalue weighted by Gasteiger charge is -2.10. The average molecular weight is 394 g/mol. The Labute approximate surface area is 169 Å². The number of pyridine rings is 1. The van der Waals surface area contributed by atoms with E-state index in [0.717, 1.165) is 22.0 Å². The van der Waals surface area contributed by atoms with Crippen LogP contribution < -0.4 is 20.3 Å². The van der Waals surface area contributed by atoms with Crippen molar-refractivity contribution in [3.63, 3.8) is 0 Å². The second kappa shape index (κ2) is 8.82. The van der Waals surface area contributed by atoms with Gasteiger partial charge in [-0.2, -0.15) is 0 Å². The van der Waals surface area contributed by atoms with Crippen LogP contribution in [0.4, 0.5) is 0 Å². The molecule has 0 unspecified atom stereocenters. The summed E-state index contributed by atoms with van der Waals surface area (Å²) < 4.78 is 10.5. The second-order valence-corrected chi connectivity index (χ2v) is 7.11. The maximum absolute atomic E-state index is 12.3. The third kappa shape index (κ3) is 4.77. The number of hydrogen-bond donors (Lipinski definition) is 2. The molecule has 0 aliphatic rings. The minimum Gasteiger partial charge on any atom is -0.493 e. The molecule has 152 valence electrons. The van der Waals surface area contributed by atoms with E-state index in [1.165, 1.54) is 5.56 Å². The maximum Gasteiger partial charge on any atom is 0.251 e. The van der Waals surface area contributed by atoms with Gasteiger partial charge in [-0.15, -0.1) is 0 Å². The number of hydrogen-bond acceptors (Lipinski definition) is 4. The molecule has 6 nitrogen and oxygen atoms in total. The molecule has 0 saturated carbocycles. The summed E-state index contributed by atoms with van der Waals surface area (Å²) in [6.07, 6.45) is 0.628. The molecule has 1 amide bonds. The Bertz CT molecular complexity index is 1100. The minimum atomic E-state index is -0.145. The van der Waals surface area contributed by atoms with E-state index in [-0.39, 0.29) is 17.9 Å². The molecule has 0 aliphatic carbocycles. The Morgan fingerprint density at radius 3 is 2.45 bits per heavy atom. The van der Waals surface area contributed by atoms with Gasteiger partial charge in [0.25, 0.3) is 5.56 Å². The van der Waals surface area contributed by atoms with Gasteiger partial charge in [0.1, 0.15) is 0 Å². The fraction of sp³-hybridized carbons (Fsp3) is 0.304. The number of carbonyl (C=O) groups excluding carboxylic acids is 1. The van der Waals surface area contributed by atoms with Crippen LogP contribution in [0, 0.1) is 13.8 Å². The van der Waals surface area contributed by atoms with Crippen LogP contribution in [0.1, 0.15) is 28.7 Å². The van der Waals surface area contributed by atoms with Crippen molar-refractivity contribution in [1.82, 2.24) is 10.3 Å². The Morgan fingerprint density at radius 2 is 1.72 bits per heavy atom. The molecule has 1 heterocycles. The summed E-state index contributed by atoms with van der Waals surface area (Å²) >= 11 is 0. The predicted molar refractivity (Wildman–Crippen MR) is 114 cm³/mol. The standard InChI is InChI=1S/C23H26N2O4/c1-14-9-18-12-17(23(27)25-19(18)10-15(14)2)6-8-22(26)24-13-16-5-7-20(28-3)21(11-16)29-4/h5,7,9-12H,6,8,13H2,1-4H3,(H,24,26)(H,25,27). The van der Waals surface area contributed by atoms with Crippen LogP contribution in [-0.2, 0) is 17.8 Å². The van der Waals surface area contributed by atoms with Gasteiger partial charge < -0.3 is 19.8 Å². The average Bonchev–Trinajstić information content (AvgIpc) is 2.71. The highest BCUT2D eigenvalue weighted by Crippen LogP contribution is 2.27. The van der Waals surface area contributed by atoms with Gasteiger partial charge in [-0.1, -0.05) is 6.07 Å². The number of methoxy groups -OCH3 is 2. The van der Waals surface area contributed by atoms with Crippen LogP contribution in [0.15, 0.2) is 41.2 Å². The first-order valence-corrected chi connectivity index (χ1v) is 9.52. The van der Waals surface area contributed by atoms with Crippen molar-refractivity contribution >= 4 is 16.8 Å². The van der Waals surface area contributed by atoms with Gasteiger partial charge in [-0.3, -0.25) is 9.59 Å². The number of carbonyl (C=O) groups is 1. The molecule has 2 N–H and O–H groups in total. The molecule has 3 aromatic rings. The summed E-state index contributed by atoms with van der Waals surface area (Å²) in [4.78, 5) is 27.5. The molecule has 0 spiro atoms. The zero-order chi connectivity index (χ0) is 21.0. The molecule has 0 bridgehead atoms. The van der Waals surface area contributed by atoms with Crippen LogP contribution in [-0.4, -0.2) is 25.1 Å². The topological polar surface area (TPSA) is 80.4 Å². The van der Waals surface area contributed by atoms with Gasteiger partial charge in [0.2, 0.25) is 5.91 Å². The summed E-state index contributed by atoms with van der Waals surface area (Å²) in [5.74, 6) is 1.15. The molecule has 0 fully saturated rings. The summed E-state index contributed by atoms with van der Waals surface area (Å²) in [5.41, 5.74) is 4.50. The third-order valence-electron chi connectivity index (χ3n) is 5.09. The Morgan fingerprint density at radius 1 is 1.00 bits per heavy atom. The number of aryl methyl sites for hydroxylation is 3. The SMILES string of the molecule is COc1ccc(CNC(=O)CCc2cc3cc(C)c(C)cc3[nH]c2=O)cc1OC. The number of aromatic amines is 1. The second-order valence-electron chi connectivity index (χ2n) is 7.11. The minimum absolute atomic E-state index is 0.112. The molecule has 0 saturated heterocycles. The van der Waals surface area contributed by atoms with Crippen molar-refractivity contribution in [2.45, 2.75) is 33.2 Å². The number of benzene rings is 2. The molecule has 0 radical (unpaired) electrons. The summed E-state index contributed by atoms with van der Waals surface area (Å²) in [5, 5.41) is 3.86. The smallest absolute Gasteiger partial charge is 0.251 e. The number of aromatic nitrogens is 1. The van der Waals surface area contributed by atoms with Crippen LogP contribution in [0.5, 0.6) is 11.5 Å². The fourth-order valence-electron chi connectivity index (χ4n) is 3.24. The van der Waals surface area contributed by atoms with Gasteiger partial charge in [0, 0.05) is 24.0 Å². The third-order valence-corrected chi connectivity index (χ3v) is 5.09. The molecule has 2 aromatic carbocycles. The van der Waals surface area contributed by atoms with Crippen molar-refractivity contribution in [1.29, 1.82) is 0 Å². The zero-order valence-electron chi connectivity index (χ0n) is 17.2. The largest absolute Gasteiger partial charge is 0.493 e. The van der Waals surface area contributed by atoms with E-state index in [4.69, 9.17) is 9.47 Å². The Balaban J connectivity index is 1.63. The van der Waals surface area contributed by atoms with Gasteiger partial charge in [0.15, 0.2) is 11.5 Å². The Kier molecular flexibility index (Phi) is 6.22. The van der Waals surface area contributed by atoms with E-state index in [1.807, 2.05) is 38.1 Å². The highest BCUT2D eigenvalue weighted by molar-refractivity contribution is 5.81. The number of fused-ring (bicyclic) bond motifs is 1. The first-order valence-electron chi connectivity index (χ1n) is 9.52. The van der Waals surface area contributed by atoms with Crippen LogP contribution >= 0.6 is 0 Å². The highest BCUT2D eigenvalue weighted by atomic mass is 16.5. The van der Waals surface area contributed by atoms with E-state index in [1.54, 1.807) is 20.3 Å². The molecular weight excluding hydrogens is 368 g/mol. The number of nitrogens with one attached hydrogen (secondary N) is 2. The molecule has 0 aliphatic heterocycles. The highest BCUT2D eigenvalue weighted by Gasteiger charge is 2.09. The molecule has 1 aromatic heterocycles. The van der Waals surface area contributed by atoms with E-state index in [0.29, 0.717) is 30.0 Å². The Hall–Kier alpha value is -3.28. The van der Waals surface area contributed by atoms with E-state index in [9.17, 15) is 9.59 Å². The number of amides is 1.